The molecule has 0 radical (unpaired) electrons. The normalized spacial score (nSPS) is 10.7. The Balaban J connectivity index is 1.63. The van der Waals surface area contributed by atoms with Crippen molar-refractivity contribution in [2.45, 2.75) is 6.92 Å². The number of thiophene rings is 1. The van der Waals surface area contributed by atoms with Crippen molar-refractivity contribution in [3.63, 3.8) is 0 Å². The van der Waals surface area contributed by atoms with Gasteiger partial charge in [0.25, 0.3) is 0 Å². The lowest BCUT2D eigenvalue weighted by Gasteiger charge is -2.06. The molecule has 0 unspecified atom stereocenters. The summed E-state index contributed by atoms with van der Waals surface area (Å²) in [6.07, 6.45) is 3.18. The second-order valence-corrected chi connectivity index (χ2v) is 6.91. The standard InChI is InChI=1S/C21H17FN2O2S/c1-14(25)23-17-3-2-4-18(13-17)24-21(26)12-10-19-9-11-20(27-19)15-5-7-16(22)8-6-15/h2-13H,1H3,(H,23,25)(H,24,26)/b12-10+. The molecule has 6 heteroatoms. The number of nitrogens with one attached hydrogen (secondary N) is 2. The zero-order valence-corrected chi connectivity index (χ0v) is 15.3. The molecule has 1 heterocycles. The monoisotopic (exact) mass is 380 g/mol. The van der Waals surface area contributed by atoms with E-state index in [1.54, 1.807) is 42.5 Å². The largest absolute Gasteiger partial charge is 0.326 e. The number of carbonyl (C=O) groups excluding carboxylic acids is 2. The van der Waals surface area contributed by atoms with Crippen LogP contribution in [0.2, 0.25) is 0 Å². The van der Waals surface area contributed by atoms with E-state index in [2.05, 4.69) is 10.6 Å². The van der Waals surface area contributed by atoms with Gasteiger partial charge in [-0.2, -0.15) is 0 Å². The van der Waals surface area contributed by atoms with E-state index in [1.165, 1.54) is 36.5 Å². The van der Waals surface area contributed by atoms with Crippen molar-refractivity contribution < 1.29 is 14.0 Å². The van der Waals surface area contributed by atoms with Gasteiger partial charge in [0.15, 0.2) is 0 Å². The third kappa shape index (κ3) is 5.36. The summed E-state index contributed by atoms with van der Waals surface area (Å²) in [6, 6.07) is 17.1. The highest BCUT2D eigenvalue weighted by Crippen LogP contribution is 2.29. The Kier molecular flexibility index (Phi) is 5.78. The molecule has 0 aliphatic heterocycles. The molecule has 0 saturated heterocycles. The first-order valence-corrected chi connectivity index (χ1v) is 9.04. The minimum Gasteiger partial charge on any atom is -0.326 e. The Morgan fingerprint density at radius 1 is 0.963 bits per heavy atom. The van der Waals surface area contributed by atoms with E-state index in [0.29, 0.717) is 11.4 Å². The van der Waals surface area contributed by atoms with Gasteiger partial charge in [0, 0.05) is 34.1 Å². The van der Waals surface area contributed by atoms with E-state index in [0.717, 1.165) is 15.3 Å². The van der Waals surface area contributed by atoms with E-state index in [1.807, 2.05) is 12.1 Å². The Labute approximate surface area is 160 Å². The van der Waals surface area contributed by atoms with Gasteiger partial charge in [0.2, 0.25) is 11.8 Å². The minimum atomic E-state index is -0.272. The number of amides is 2. The second kappa shape index (κ2) is 8.42. The maximum Gasteiger partial charge on any atom is 0.248 e. The zero-order valence-electron chi connectivity index (χ0n) is 14.5. The molecule has 2 N–H and O–H groups in total. The first kappa shape index (κ1) is 18.5. The Morgan fingerprint density at radius 2 is 1.67 bits per heavy atom. The maximum absolute atomic E-state index is 13.0. The summed E-state index contributed by atoms with van der Waals surface area (Å²) in [7, 11) is 0. The lowest BCUT2D eigenvalue weighted by atomic mass is 10.2. The van der Waals surface area contributed by atoms with Gasteiger partial charge < -0.3 is 10.6 Å². The van der Waals surface area contributed by atoms with Crippen LogP contribution in [-0.2, 0) is 9.59 Å². The molecular formula is C21H17FN2O2S. The predicted octanol–water partition coefficient (Wildman–Crippen LogP) is 5.16. The van der Waals surface area contributed by atoms with E-state index in [-0.39, 0.29) is 17.6 Å². The fourth-order valence-electron chi connectivity index (χ4n) is 2.43. The third-order valence-corrected chi connectivity index (χ3v) is 4.70. The van der Waals surface area contributed by atoms with Gasteiger partial charge in [0.05, 0.1) is 0 Å². The van der Waals surface area contributed by atoms with E-state index < -0.39 is 0 Å². The molecule has 0 fully saturated rings. The smallest absolute Gasteiger partial charge is 0.248 e. The predicted molar refractivity (Wildman–Crippen MR) is 108 cm³/mol. The highest BCUT2D eigenvalue weighted by molar-refractivity contribution is 7.16. The average Bonchev–Trinajstić information content (AvgIpc) is 3.09. The van der Waals surface area contributed by atoms with Crippen LogP contribution in [0.25, 0.3) is 16.5 Å². The zero-order chi connectivity index (χ0) is 19.2. The summed E-state index contributed by atoms with van der Waals surface area (Å²) in [5.74, 6) is -0.714. The Bertz CT molecular complexity index is 993. The molecule has 0 atom stereocenters. The first-order chi connectivity index (χ1) is 13.0. The van der Waals surface area contributed by atoms with Gasteiger partial charge in [0.1, 0.15) is 5.82 Å². The summed E-state index contributed by atoms with van der Waals surface area (Å²) >= 11 is 1.51. The number of hydrogen-bond donors (Lipinski definition) is 2. The fourth-order valence-corrected chi connectivity index (χ4v) is 3.35. The number of halogens is 1. The number of anilines is 2. The number of rotatable bonds is 5. The molecule has 3 aromatic rings. The van der Waals surface area contributed by atoms with Crippen molar-refractivity contribution in [1.82, 2.24) is 0 Å². The van der Waals surface area contributed by atoms with Crippen molar-refractivity contribution in [1.29, 1.82) is 0 Å². The fraction of sp³-hybridized carbons (Fsp3) is 0.0476. The van der Waals surface area contributed by atoms with Crippen molar-refractivity contribution in [3.05, 3.63) is 77.4 Å². The molecular weight excluding hydrogens is 363 g/mol. The van der Waals surface area contributed by atoms with Gasteiger partial charge in [-0.25, -0.2) is 4.39 Å². The van der Waals surface area contributed by atoms with Crippen LogP contribution in [0.4, 0.5) is 15.8 Å². The lowest BCUT2D eigenvalue weighted by molar-refractivity contribution is -0.114. The second-order valence-electron chi connectivity index (χ2n) is 5.79. The highest BCUT2D eigenvalue weighted by Gasteiger charge is 2.03. The number of carbonyl (C=O) groups is 2. The summed E-state index contributed by atoms with van der Waals surface area (Å²) in [4.78, 5) is 25.1. The molecule has 0 aliphatic rings. The molecule has 136 valence electrons. The van der Waals surface area contributed by atoms with Gasteiger partial charge in [-0.1, -0.05) is 18.2 Å². The van der Waals surface area contributed by atoms with Crippen molar-refractivity contribution in [3.8, 4) is 10.4 Å². The number of benzene rings is 2. The Hall–Kier alpha value is -3.25. The number of hydrogen-bond acceptors (Lipinski definition) is 3. The summed E-state index contributed by atoms with van der Waals surface area (Å²) in [5, 5.41) is 5.42. The topological polar surface area (TPSA) is 58.2 Å². The minimum absolute atomic E-state index is 0.173. The van der Waals surface area contributed by atoms with Crippen LogP contribution >= 0.6 is 11.3 Å². The van der Waals surface area contributed by atoms with E-state index in [9.17, 15) is 14.0 Å². The lowest BCUT2D eigenvalue weighted by Crippen LogP contribution is -2.09. The first-order valence-electron chi connectivity index (χ1n) is 8.22. The van der Waals surface area contributed by atoms with Gasteiger partial charge in [-0.05, 0) is 54.1 Å². The average molecular weight is 380 g/mol. The van der Waals surface area contributed by atoms with Crippen LogP contribution in [0.1, 0.15) is 11.8 Å². The summed E-state index contributed by atoms with van der Waals surface area (Å²) in [5.41, 5.74) is 2.14. The van der Waals surface area contributed by atoms with E-state index in [4.69, 9.17) is 0 Å². The molecule has 0 saturated carbocycles. The summed E-state index contributed by atoms with van der Waals surface area (Å²) < 4.78 is 13.0. The molecule has 1 aromatic heterocycles. The van der Waals surface area contributed by atoms with Crippen LogP contribution < -0.4 is 10.6 Å². The van der Waals surface area contributed by atoms with Gasteiger partial charge in [-0.15, -0.1) is 11.3 Å². The van der Waals surface area contributed by atoms with Crippen molar-refractivity contribution in [2.24, 2.45) is 0 Å². The van der Waals surface area contributed by atoms with Crippen LogP contribution in [0.5, 0.6) is 0 Å². The molecule has 2 amide bonds. The quantitative estimate of drug-likeness (QED) is 0.600. The van der Waals surface area contributed by atoms with Crippen molar-refractivity contribution >= 4 is 40.6 Å². The van der Waals surface area contributed by atoms with Crippen LogP contribution in [0, 0.1) is 5.82 Å². The third-order valence-electron chi connectivity index (χ3n) is 3.60. The van der Waals surface area contributed by atoms with Crippen LogP contribution in [0.15, 0.2) is 66.7 Å². The molecule has 0 aliphatic carbocycles. The van der Waals surface area contributed by atoms with Gasteiger partial charge >= 0.3 is 0 Å². The molecule has 0 spiro atoms. The maximum atomic E-state index is 13.0. The molecule has 3 rings (SSSR count). The summed E-state index contributed by atoms with van der Waals surface area (Å²) in [6.45, 7) is 1.43. The molecule has 27 heavy (non-hydrogen) atoms. The molecule has 2 aromatic carbocycles. The molecule has 4 nitrogen and oxygen atoms in total. The Morgan fingerprint density at radius 3 is 2.37 bits per heavy atom. The SMILES string of the molecule is CC(=O)Nc1cccc(NC(=O)/C=C/c2ccc(-c3ccc(F)cc3)s2)c1. The van der Waals surface area contributed by atoms with Crippen LogP contribution in [0.3, 0.4) is 0 Å². The van der Waals surface area contributed by atoms with Crippen LogP contribution in [-0.4, -0.2) is 11.8 Å². The van der Waals surface area contributed by atoms with Crippen molar-refractivity contribution in [2.75, 3.05) is 10.6 Å². The van der Waals surface area contributed by atoms with E-state index >= 15 is 0 Å². The molecule has 0 bridgehead atoms. The van der Waals surface area contributed by atoms with Gasteiger partial charge in [-0.3, -0.25) is 9.59 Å². The highest BCUT2D eigenvalue weighted by atomic mass is 32.1.